The SMILES string of the molecule is Cc1c[nH]c2ncc(-c3cc4c(c([C@@H]5CCCN5C(=O)O)c3)CN(C(=O)N3CCC(F)(F)CC3)CC4)cc12. The van der Waals surface area contributed by atoms with E-state index in [1.807, 2.05) is 19.3 Å². The summed E-state index contributed by atoms with van der Waals surface area (Å²) in [7, 11) is 0. The quantitative estimate of drug-likeness (QED) is 0.460. The molecule has 2 fully saturated rings. The van der Waals surface area contributed by atoms with Crippen LogP contribution in [0.5, 0.6) is 0 Å². The maximum absolute atomic E-state index is 13.7. The van der Waals surface area contributed by atoms with Crippen molar-refractivity contribution < 1.29 is 23.5 Å². The molecule has 1 atom stereocenters. The first kappa shape index (κ1) is 24.6. The second kappa shape index (κ2) is 9.25. The number of urea groups is 1. The fourth-order valence-electron chi connectivity index (χ4n) is 6.16. The molecular formula is C28H31F2N5O3. The first-order chi connectivity index (χ1) is 18.2. The lowest BCUT2D eigenvalue weighted by Crippen LogP contribution is -2.50. The van der Waals surface area contributed by atoms with Crippen LogP contribution in [0.15, 0.2) is 30.6 Å². The van der Waals surface area contributed by atoms with Gasteiger partial charge in [0.25, 0.3) is 5.92 Å². The number of carboxylic acid groups (broad SMARTS) is 1. The standard InChI is InChI=1S/C28H31F2N5O3/c1-17-14-31-25-21(17)13-20(15-32-25)19-11-18-4-8-34(26(36)33-9-5-28(29,30)6-10-33)16-23(18)22(12-19)24-3-2-7-35(24)27(37)38/h11-15,24H,2-10,16H2,1H3,(H,31,32)(H,37,38)/t24-/m0/s1. The van der Waals surface area contributed by atoms with Crippen LogP contribution >= 0.6 is 0 Å². The summed E-state index contributed by atoms with van der Waals surface area (Å²) in [6.45, 7) is 3.42. The molecular weight excluding hydrogens is 492 g/mol. The van der Waals surface area contributed by atoms with Crippen molar-refractivity contribution in [3.63, 3.8) is 0 Å². The molecule has 3 amide bonds. The average molecular weight is 524 g/mol. The number of rotatable bonds is 2. The van der Waals surface area contributed by atoms with Crippen molar-refractivity contribution in [1.29, 1.82) is 0 Å². The Morgan fingerprint density at radius 1 is 1.08 bits per heavy atom. The third kappa shape index (κ3) is 4.35. The van der Waals surface area contributed by atoms with Crippen molar-refractivity contribution in [3.05, 3.63) is 52.8 Å². The highest BCUT2D eigenvalue weighted by atomic mass is 19.3. The number of piperidine rings is 1. The maximum atomic E-state index is 13.7. The van der Waals surface area contributed by atoms with Gasteiger partial charge in [-0.25, -0.2) is 23.4 Å². The number of fused-ring (bicyclic) bond motifs is 2. The van der Waals surface area contributed by atoms with Crippen LogP contribution in [0.4, 0.5) is 18.4 Å². The molecule has 0 spiro atoms. The van der Waals surface area contributed by atoms with Crippen molar-refractivity contribution in [3.8, 4) is 11.1 Å². The van der Waals surface area contributed by atoms with Crippen LogP contribution in [-0.4, -0.2) is 74.0 Å². The topological polar surface area (TPSA) is 92.8 Å². The number of aromatic nitrogens is 2. The molecule has 5 heterocycles. The summed E-state index contributed by atoms with van der Waals surface area (Å²) in [5.41, 5.74) is 6.84. The van der Waals surface area contributed by atoms with Gasteiger partial charge in [-0.15, -0.1) is 0 Å². The normalized spacial score (nSPS) is 21.1. The molecule has 0 unspecified atom stereocenters. The number of aryl methyl sites for hydroxylation is 1. The van der Waals surface area contributed by atoms with Gasteiger partial charge in [0.05, 0.1) is 6.04 Å². The first-order valence-corrected chi connectivity index (χ1v) is 13.2. The number of nitrogens with zero attached hydrogens (tertiary/aromatic N) is 4. The van der Waals surface area contributed by atoms with Gasteiger partial charge in [-0.1, -0.05) is 6.07 Å². The summed E-state index contributed by atoms with van der Waals surface area (Å²) in [5, 5.41) is 10.9. The Bertz CT molecular complexity index is 1410. The van der Waals surface area contributed by atoms with Crippen LogP contribution in [0, 0.1) is 6.92 Å². The molecule has 8 nitrogen and oxygen atoms in total. The van der Waals surface area contributed by atoms with Gasteiger partial charge in [-0.05, 0) is 66.1 Å². The van der Waals surface area contributed by atoms with Gasteiger partial charge in [0.15, 0.2) is 0 Å². The molecule has 3 aromatic rings. The molecule has 6 rings (SSSR count). The fourth-order valence-corrected chi connectivity index (χ4v) is 6.16. The number of halogens is 2. The maximum Gasteiger partial charge on any atom is 0.407 e. The number of alkyl halides is 2. The van der Waals surface area contributed by atoms with Crippen molar-refractivity contribution in [2.45, 2.75) is 57.5 Å². The third-order valence-electron chi connectivity index (χ3n) is 8.34. The van der Waals surface area contributed by atoms with E-state index in [0.29, 0.717) is 32.5 Å². The van der Waals surface area contributed by atoms with E-state index in [0.717, 1.165) is 50.8 Å². The second-order valence-corrected chi connectivity index (χ2v) is 10.7. The van der Waals surface area contributed by atoms with E-state index in [1.54, 1.807) is 4.90 Å². The molecule has 200 valence electrons. The number of hydrogen-bond acceptors (Lipinski definition) is 3. The van der Waals surface area contributed by atoms with E-state index >= 15 is 0 Å². The number of aromatic amines is 1. The summed E-state index contributed by atoms with van der Waals surface area (Å²) in [4.78, 5) is 37.9. The summed E-state index contributed by atoms with van der Waals surface area (Å²) in [6, 6.07) is 5.78. The van der Waals surface area contributed by atoms with Crippen LogP contribution in [0.2, 0.25) is 0 Å². The number of likely N-dealkylation sites (tertiary alicyclic amines) is 2. The molecule has 2 N–H and O–H groups in total. The number of hydrogen-bond donors (Lipinski definition) is 2. The zero-order chi connectivity index (χ0) is 26.6. The minimum Gasteiger partial charge on any atom is -0.465 e. The molecule has 2 aromatic heterocycles. The molecule has 0 aliphatic carbocycles. The molecule has 38 heavy (non-hydrogen) atoms. The second-order valence-electron chi connectivity index (χ2n) is 10.7. The lowest BCUT2D eigenvalue weighted by atomic mass is 9.87. The predicted octanol–water partition coefficient (Wildman–Crippen LogP) is 5.56. The zero-order valence-electron chi connectivity index (χ0n) is 21.3. The Morgan fingerprint density at radius 3 is 2.63 bits per heavy atom. The smallest absolute Gasteiger partial charge is 0.407 e. The first-order valence-electron chi connectivity index (χ1n) is 13.2. The van der Waals surface area contributed by atoms with Crippen molar-refractivity contribution in [2.24, 2.45) is 0 Å². The molecule has 0 radical (unpaired) electrons. The molecule has 2 saturated heterocycles. The van der Waals surface area contributed by atoms with Crippen LogP contribution in [0.1, 0.15) is 54.0 Å². The van der Waals surface area contributed by atoms with Crippen LogP contribution in [0.25, 0.3) is 22.2 Å². The van der Waals surface area contributed by atoms with Gasteiger partial charge < -0.3 is 24.8 Å². The minimum atomic E-state index is -2.71. The van der Waals surface area contributed by atoms with Crippen molar-refractivity contribution >= 4 is 23.2 Å². The summed E-state index contributed by atoms with van der Waals surface area (Å²) in [6.07, 6.45) is 4.29. The zero-order valence-corrected chi connectivity index (χ0v) is 21.3. The monoisotopic (exact) mass is 523 g/mol. The molecule has 1 aromatic carbocycles. The fraction of sp³-hybridized carbons (Fsp3) is 0.464. The largest absolute Gasteiger partial charge is 0.465 e. The minimum absolute atomic E-state index is 0.0461. The number of amides is 3. The van der Waals surface area contributed by atoms with E-state index in [9.17, 15) is 23.5 Å². The van der Waals surface area contributed by atoms with E-state index in [1.165, 1.54) is 9.80 Å². The Kier molecular flexibility index (Phi) is 6.00. The van der Waals surface area contributed by atoms with Crippen molar-refractivity contribution in [2.75, 3.05) is 26.2 Å². The van der Waals surface area contributed by atoms with Crippen LogP contribution in [0.3, 0.4) is 0 Å². The number of pyridine rings is 1. The predicted molar refractivity (Wildman–Crippen MR) is 138 cm³/mol. The molecule has 3 aliphatic rings. The summed E-state index contributed by atoms with van der Waals surface area (Å²) < 4.78 is 27.3. The Morgan fingerprint density at radius 2 is 1.87 bits per heavy atom. The highest BCUT2D eigenvalue weighted by Crippen LogP contribution is 2.40. The Labute approximate surface area is 219 Å². The van der Waals surface area contributed by atoms with Crippen LogP contribution < -0.4 is 0 Å². The number of benzene rings is 1. The number of nitrogens with one attached hydrogen (secondary N) is 1. The Hall–Kier alpha value is -3.69. The third-order valence-corrected chi connectivity index (χ3v) is 8.34. The summed E-state index contributed by atoms with van der Waals surface area (Å²) >= 11 is 0. The molecule has 0 saturated carbocycles. The number of H-pyrrole nitrogens is 1. The van der Waals surface area contributed by atoms with Crippen LogP contribution in [-0.2, 0) is 13.0 Å². The lowest BCUT2D eigenvalue weighted by Gasteiger charge is -2.38. The van der Waals surface area contributed by atoms with Crippen molar-refractivity contribution in [1.82, 2.24) is 24.7 Å². The molecule has 10 heteroatoms. The van der Waals surface area contributed by atoms with E-state index in [4.69, 9.17) is 0 Å². The van der Waals surface area contributed by atoms with E-state index in [2.05, 4.69) is 28.2 Å². The van der Waals surface area contributed by atoms with Gasteiger partial charge in [-0.3, -0.25) is 0 Å². The van der Waals surface area contributed by atoms with E-state index in [-0.39, 0.29) is 38.0 Å². The average Bonchev–Trinajstić information content (AvgIpc) is 3.54. The summed E-state index contributed by atoms with van der Waals surface area (Å²) in [5.74, 6) is -2.71. The van der Waals surface area contributed by atoms with Gasteiger partial charge in [0, 0.05) is 68.9 Å². The molecule has 0 bridgehead atoms. The highest BCUT2D eigenvalue weighted by molar-refractivity contribution is 5.85. The lowest BCUT2D eigenvalue weighted by molar-refractivity contribution is -0.0493. The number of carbonyl (C=O) groups is 2. The molecule has 3 aliphatic heterocycles. The van der Waals surface area contributed by atoms with Gasteiger partial charge in [0.1, 0.15) is 5.65 Å². The number of carbonyl (C=O) groups excluding carboxylic acids is 1. The van der Waals surface area contributed by atoms with Gasteiger partial charge in [-0.2, -0.15) is 0 Å². The van der Waals surface area contributed by atoms with Gasteiger partial charge in [0.2, 0.25) is 0 Å². The highest BCUT2D eigenvalue weighted by Gasteiger charge is 2.38. The van der Waals surface area contributed by atoms with Gasteiger partial charge >= 0.3 is 12.1 Å². The van der Waals surface area contributed by atoms with E-state index < -0.39 is 12.0 Å². The Balaban J connectivity index is 1.37.